The number of rotatable bonds is 4. The summed E-state index contributed by atoms with van der Waals surface area (Å²) in [5, 5.41) is 4.87. The maximum absolute atomic E-state index is 5.91. The molecule has 0 saturated carbocycles. The van der Waals surface area contributed by atoms with Crippen LogP contribution in [0, 0.1) is 0 Å². The fourth-order valence-electron chi connectivity index (χ4n) is 1.88. The summed E-state index contributed by atoms with van der Waals surface area (Å²) in [6.07, 6.45) is 7.19. The lowest BCUT2D eigenvalue weighted by Crippen LogP contribution is -1.92. The van der Waals surface area contributed by atoms with Crippen LogP contribution in [-0.4, -0.2) is 15.8 Å². The van der Waals surface area contributed by atoms with Crippen LogP contribution in [0.5, 0.6) is 0 Å². The number of hydrazone groups is 1. The molecule has 104 valence electrons. The van der Waals surface area contributed by atoms with Gasteiger partial charge in [-0.25, -0.2) is 4.98 Å². The Morgan fingerprint density at radius 3 is 2.71 bits per heavy atom. The summed E-state index contributed by atoms with van der Waals surface area (Å²) in [5.41, 5.74) is 5.87. The van der Waals surface area contributed by atoms with E-state index in [1.54, 1.807) is 18.7 Å². The predicted molar refractivity (Wildman–Crippen MR) is 86.2 cm³/mol. The molecular weight excluding hydrogens is 284 g/mol. The number of hydrogen-bond donors (Lipinski definition) is 1. The first-order chi connectivity index (χ1) is 10.3. The van der Waals surface area contributed by atoms with Crippen LogP contribution in [0.4, 0.5) is 5.69 Å². The SMILES string of the molecule is Clc1cccc(NN=Cc2ccc(-n3ccnc3)cc2)c1. The van der Waals surface area contributed by atoms with Crippen LogP contribution in [0.15, 0.2) is 72.4 Å². The first kappa shape index (κ1) is 13.4. The Morgan fingerprint density at radius 1 is 1.14 bits per heavy atom. The second-order valence-electron chi connectivity index (χ2n) is 4.44. The average Bonchev–Trinajstić information content (AvgIpc) is 3.02. The van der Waals surface area contributed by atoms with E-state index in [0.717, 1.165) is 16.9 Å². The Hall–Kier alpha value is -2.59. The van der Waals surface area contributed by atoms with Gasteiger partial charge in [0, 0.05) is 23.1 Å². The van der Waals surface area contributed by atoms with Crippen molar-refractivity contribution in [3.63, 3.8) is 0 Å². The molecule has 5 heteroatoms. The Bertz CT molecular complexity index is 733. The molecule has 1 aromatic heterocycles. The van der Waals surface area contributed by atoms with E-state index in [1.165, 1.54) is 0 Å². The molecule has 0 spiro atoms. The van der Waals surface area contributed by atoms with E-state index in [0.29, 0.717) is 5.02 Å². The molecule has 1 heterocycles. The van der Waals surface area contributed by atoms with Gasteiger partial charge in [0.2, 0.25) is 0 Å². The molecule has 0 radical (unpaired) electrons. The van der Waals surface area contributed by atoms with Crippen LogP contribution in [0.3, 0.4) is 0 Å². The Labute approximate surface area is 127 Å². The molecule has 0 saturated heterocycles. The van der Waals surface area contributed by atoms with Crippen LogP contribution in [0.2, 0.25) is 5.02 Å². The number of anilines is 1. The average molecular weight is 297 g/mol. The second-order valence-corrected chi connectivity index (χ2v) is 4.88. The third kappa shape index (κ3) is 3.49. The van der Waals surface area contributed by atoms with Gasteiger partial charge in [-0.1, -0.05) is 29.8 Å². The van der Waals surface area contributed by atoms with E-state index in [4.69, 9.17) is 11.6 Å². The van der Waals surface area contributed by atoms with Crippen molar-refractivity contribution in [3.8, 4) is 5.69 Å². The smallest absolute Gasteiger partial charge is 0.0991 e. The Balaban J connectivity index is 1.66. The Kier molecular flexibility index (Phi) is 3.98. The molecule has 0 atom stereocenters. The van der Waals surface area contributed by atoms with Crippen LogP contribution < -0.4 is 5.43 Å². The molecule has 0 fully saturated rings. The number of benzene rings is 2. The van der Waals surface area contributed by atoms with Crippen molar-refractivity contribution in [1.29, 1.82) is 0 Å². The van der Waals surface area contributed by atoms with E-state index >= 15 is 0 Å². The zero-order chi connectivity index (χ0) is 14.5. The quantitative estimate of drug-likeness (QED) is 0.584. The van der Waals surface area contributed by atoms with Crippen LogP contribution in [-0.2, 0) is 0 Å². The standard InChI is InChI=1S/C16H13ClN4/c17-14-2-1-3-15(10-14)20-19-11-13-4-6-16(7-5-13)21-9-8-18-12-21/h1-12,20H. The van der Waals surface area contributed by atoms with Crippen molar-refractivity contribution in [3.05, 3.63) is 77.8 Å². The molecule has 0 unspecified atom stereocenters. The van der Waals surface area contributed by atoms with E-state index in [2.05, 4.69) is 15.5 Å². The summed E-state index contributed by atoms with van der Waals surface area (Å²) >= 11 is 5.91. The zero-order valence-corrected chi connectivity index (χ0v) is 11.9. The highest BCUT2D eigenvalue weighted by Gasteiger charge is 1.95. The van der Waals surface area contributed by atoms with Gasteiger partial charge in [-0.05, 0) is 35.9 Å². The van der Waals surface area contributed by atoms with E-state index < -0.39 is 0 Å². The van der Waals surface area contributed by atoms with E-state index in [1.807, 2.05) is 59.3 Å². The number of hydrogen-bond acceptors (Lipinski definition) is 3. The van der Waals surface area contributed by atoms with Gasteiger partial charge in [0.25, 0.3) is 0 Å². The Morgan fingerprint density at radius 2 is 2.00 bits per heavy atom. The normalized spacial score (nSPS) is 10.9. The molecule has 1 N–H and O–H groups in total. The maximum atomic E-state index is 5.91. The highest BCUT2D eigenvalue weighted by molar-refractivity contribution is 6.30. The van der Waals surface area contributed by atoms with Crippen LogP contribution in [0.25, 0.3) is 5.69 Å². The van der Waals surface area contributed by atoms with Crippen molar-refractivity contribution in [1.82, 2.24) is 9.55 Å². The number of nitrogens with one attached hydrogen (secondary N) is 1. The minimum absolute atomic E-state index is 0.680. The lowest BCUT2D eigenvalue weighted by molar-refractivity contribution is 1.06. The van der Waals surface area contributed by atoms with Gasteiger partial charge in [-0.15, -0.1) is 0 Å². The second kappa shape index (κ2) is 6.24. The van der Waals surface area contributed by atoms with Gasteiger partial charge in [0.05, 0.1) is 18.2 Å². The first-order valence-corrected chi connectivity index (χ1v) is 6.82. The van der Waals surface area contributed by atoms with Crippen molar-refractivity contribution >= 4 is 23.5 Å². The van der Waals surface area contributed by atoms with Gasteiger partial charge in [-0.2, -0.15) is 5.10 Å². The lowest BCUT2D eigenvalue weighted by atomic mass is 10.2. The van der Waals surface area contributed by atoms with Gasteiger partial charge >= 0.3 is 0 Å². The van der Waals surface area contributed by atoms with E-state index in [9.17, 15) is 0 Å². The third-order valence-electron chi connectivity index (χ3n) is 2.93. The largest absolute Gasteiger partial charge is 0.306 e. The lowest BCUT2D eigenvalue weighted by Gasteiger charge is -2.02. The number of halogens is 1. The molecule has 0 aliphatic rings. The summed E-state index contributed by atoms with van der Waals surface area (Å²) in [6.45, 7) is 0. The van der Waals surface area contributed by atoms with Crippen molar-refractivity contribution in [2.24, 2.45) is 5.10 Å². The highest BCUT2D eigenvalue weighted by Crippen LogP contribution is 2.14. The molecule has 3 aromatic rings. The highest BCUT2D eigenvalue weighted by atomic mass is 35.5. The van der Waals surface area contributed by atoms with Gasteiger partial charge in [0.15, 0.2) is 0 Å². The fourth-order valence-corrected chi connectivity index (χ4v) is 2.07. The van der Waals surface area contributed by atoms with Crippen molar-refractivity contribution in [2.75, 3.05) is 5.43 Å². The fraction of sp³-hybridized carbons (Fsp3) is 0. The minimum Gasteiger partial charge on any atom is -0.306 e. The molecule has 21 heavy (non-hydrogen) atoms. The van der Waals surface area contributed by atoms with Crippen molar-refractivity contribution in [2.45, 2.75) is 0 Å². The number of aromatic nitrogens is 2. The number of imidazole rings is 1. The summed E-state index contributed by atoms with van der Waals surface area (Å²) < 4.78 is 1.95. The minimum atomic E-state index is 0.680. The molecular formula is C16H13ClN4. The molecule has 2 aromatic carbocycles. The summed E-state index contributed by atoms with van der Waals surface area (Å²) in [6, 6.07) is 15.5. The van der Waals surface area contributed by atoms with Crippen LogP contribution in [0.1, 0.15) is 5.56 Å². The molecule has 0 bridgehead atoms. The third-order valence-corrected chi connectivity index (χ3v) is 3.16. The van der Waals surface area contributed by atoms with Gasteiger partial charge in [-0.3, -0.25) is 5.43 Å². The summed E-state index contributed by atoms with van der Waals surface area (Å²) in [7, 11) is 0. The van der Waals surface area contributed by atoms with E-state index in [-0.39, 0.29) is 0 Å². The summed E-state index contributed by atoms with van der Waals surface area (Å²) in [4.78, 5) is 4.03. The maximum Gasteiger partial charge on any atom is 0.0991 e. The summed E-state index contributed by atoms with van der Waals surface area (Å²) in [5.74, 6) is 0. The molecule has 4 nitrogen and oxygen atoms in total. The van der Waals surface area contributed by atoms with Gasteiger partial charge in [0.1, 0.15) is 0 Å². The first-order valence-electron chi connectivity index (χ1n) is 6.44. The van der Waals surface area contributed by atoms with Gasteiger partial charge < -0.3 is 4.57 Å². The monoisotopic (exact) mass is 296 g/mol. The molecule has 0 amide bonds. The molecule has 3 rings (SSSR count). The molecule has 0 aliphatic heterocycles. The zero-order valence-electron chi connectivity index (χ0n) is 11.1. The topological polar surface area (TPSA) is 42.2 Å². The van der Waals surface area contributed by atoms with Crippen LogP contribution >= 0.6 is 11.6 Å². The molecule has 0 aliphatic carbocycles. The number of nitrogens with zero attached hydrogens (tertiary/aromatic N) is 3. The predicted octanol–water partition coefficient (Wildman–Crippen LogP) is 3.97. The van der Waals surface area contributed by atoms with Crippen molar-refractivity contribution < 1.29 is 0 Å².